The van der Waals surface area contributed by atoms with Gasteiger partial charge in [0.15, 0.2) is 0 Å². The summed E-state index contributed by atoms with van der Waals surface area (Å²) in [7, 11) is 0. The molecule has 0 radical (unpaired) electrons. The molecule has 0 aliphatic carbocycles. The van der Waals surface area contributed by atoms with Gasteiger partial charge in [0.25, 0.3) is 0 Å². The van der Waals surface area contributed by atoms with Crippen LogP contribution in [-0.4, -0.2) is 43.6 Å². The van der Waals surface area contributed by atoms with Crippen LogP contribution in [0.25, 0.3) is 0 Å². The van der Waals surface area contributed by atoms with Gasteiger partial charge in [-0.15, -0.1) is 0 Å². The highest BCUT2D eigenvalue weighted by Gasteiger charge is 2.32. The Labute approximate surface area is 105 Å². The van der Waals surface area contributed by atoms with Gasteiger partial charge in [-0.3, -0.25) is 0 Å². The molecule has 1 saturated heterocycles. The molecule has 0 aromatic heterocycles. The Hall–Kier alpha value is -0.560. The Morgan fingerprint density at radius 1 is 1.18 bits per heavy atom. The first-order valence-electron chi connectivity index (χ1n) is 6.60. The summed E-state index contributed by atoms with van der Waals surface area (Å²) in [6, 6.07) is 0. The van der Waals surface area contributed by atoms with E-state index in [1.807, 2.05) is 27.7 Å². The zero-order chi connectivity index (χ0) is 12.9. The molecule has 0 spiro atoms. The lowest BCUT2D eigenvalue weighted by Crippen LogP contribution is -3.14. The molecule has 1 aliphatic rings. The molecule has 0 aromatic carbocycles. The van der Waals surface area contributed by atoms with E-state index in [4.69, 9.17) is 4.74 Å². The summed E-state index contributed by atoms with van der Waals surface area (Å²) in [5, 5.41) is 10.5. The van der Waals surface area contributed by atoms with E-state index in [9.17, 15) is 5.11 Å². The SMILES string of the molecule is CC(C)C(O)(C#CC[NH+]1CCOCC1)C(C)C. The number of morpholine rings is 1. The van der Waals surface area contributed by atoms with E-state index in [0.717, 1.165) is 32.8 Å². The van der Waals surface area contributed by atoms with E-state index < -0.39 is 5.60 Å². The molecule has 3 heteroatoms. The van der Waals surface area contributed by atoms with E-state index in [1.54, 1.807) is 0 Å². The van der Waals surface area contributed by atoms with Crippen molar-refractivity contribution in [2.24, 2.45) is 11.8 Å². The monoisotopic (exact) mass is 240 g/mol. The maximum Gasteiger partial charge on any atom is 0.139 e. The van der Waals surface area contributed by atoms with Gasteiger partial charge in [0.05, 0.1) is 13.2 Å². The smallest absolute Gasteiger partial charge is 0.139 e. The fourth-order valence-corrected chi connectivity index (χ4v) is 2.10. The van der Waals surface area contributed by atoms with Crippen LogP contribution in [0.3, 0.4) is 0 Å². The molecule has 0 saturated carbocycles. The van der Waals surface area contributed by atoms with Crippen molar-refractivity contribution >= 4 is 0 Å². The molecule has 0 amide bonds. The Bertz CT molecular complexity index is 274. The van der Waals surface area contributed by atoms with Gasteiger partial charge in [-0.2, -0.15) is 0 Å². The Kier molecular flexibility index (Phi) is 5.45. The average molecular weight is 240 g/mol. The third-order valence-corrected chi connectivity index (χ3v) is 3.59. The number of quaternary nitrogens is 1. The van der Waals surface area contributed by atoms with Crippen molar-refractivity contribution in [3.63, 3.8) is 0 Å². The Morgan fingerprint density at radius 2 is 1.71 bits per heavy atom. The van der Waals surface area contributed by atoms with Crippen LogP contribution in [0.15, 0.2) is 0 Å². The first kappa shape index (κ1) is 14.5. The van der Waals surface area contributed by atoms with Crippen LogP contribution in [0.5, 0.6) is 0 Å². The standard InChI is InChI=1S/C14H25NO2/c1-12(2)14(16,13(3)4)6-5-7-15-8-10-17-11-9-15/h12-13,16H,7-11H2,1-4H3/p+1. The second-order valence-electron chi connectivity index (χ2n) is 5.48. The van der Waals surface area contributed by atoms with Crippen LogP contribution in [-0.2, 0) is 4.74 Å². The number of rotatable bonds is 3. The number of aliphatic hydroxyl groups is 1. The summed E-state index contributed by atoms with van der Waals surface area (Å²) < 4.78 is 5.31. The van der Waals surface area contributed by atoms with Gasteiger partial charge in [0, 0.05) is 0 Å². The molecule has 1 heterocycles. The minimum Gasteiger partial charge on any atom is -0.377 e. The largest absolute Gasteiger partial charge is 0.377 e. The average Bonchev–Trinajstić information content (AvgIpc) is 2.29. The molecule has 2 N–H and O–H groups in total. The van der Waals surface area contributed by atoms with E-state index in [-0.39, 0.29) is 11.8 Å². The quantitative estimate of drug-likeness (QED) is 0.678. The van der Waals surface area contributed by atoms with Gasteiger partial charge in [-0.25, -0.2) is 0 Å². The topological polar surface area (TPSA) is 33.9 Å². The van der Waals surface area contributed by atoms with Crippen molar-refractivity contribution < 1.29 is 14.7 Å². The Balaban J connectivity index is 2.55. The van der Waals surface area contributed by atoms with E-state index in [0.29, 0.717) is 0 Å². The van der Waals surface area contributed by atoms with Gasteiger partial charge in [-0.1, -0.05) is 33.6 Å². The molecule has 17 heavy (non-hydrogen) atoms. The predicted molar refractivity (Wildman–Crippen MR) is 68.8 cm³/mol. The first-order chi connectivity index (χ1) is 7.97. The van der Waals surface area contributed by atoms with Crippen LogP contribution in [0, 0.1) is 23.7 Å². The van der Waals surface area contributed by atoms with Gasteiger partial charge < -0.3 is 14.7 Å². The molecular weight excluding hydrogens is 214 g/mol. The molecule has 1 rings (SSSR count). The van der Waals surface area contributed by atoms with Crippen LogP contribution in [0.4, 0.5) is 0 Å². The third kappa shape index (κ3) is 3.99. The number of nitrogens with one attached hydrogen (secondary N) is 1. The van der Waals surface area contributed by atoms with Crippen molar-refractivity contribution in [3.8, 4) is 11.8 Å². The molecule has 0 atom stereocenters. The van der Waals surface area contributed by atoms with E-state index in [1.165, 1.54) is 4.90 Å². The van der Waals surface area contributed by atoms with E-state index >= 15 is 0 Å². The number of hydrogen-bond donors (Lipinski definition) is 2. The highest BCUT2D eigenvalue weighted by atomic mass is 16.5. The second kappa shape index (κ2) is 6.39. The zero-order valence-corrected chi connectivity index (χ0v) is 11.5. The summed E-state index contributed by atoms with van der Waals surface area (Å²) >= 11 is 0. The van der Waals surface area contributed by atoms with Crippen LogP contribution in [0.2, 0.25) is 0 Å². The maximum absolute atomic E-state index is 10.5. The van der Waals surface area contributed by atoms with Crippen LogP contribution < -0.4 is 4.90 Å². The van der Waals surface area contributed by atoms with Crippen molar-refractivity contribution in [2.45, 2.75) is 33.3 Å². The molecule has 98 valence electrons. The van der Waals surface area contributed by atoms with Gasteiger partial charge >= 0.3 is 0 Å². The molecule has 1 fully saturated rings. The maximum atomic E-state index is 10.5. The third-order valence-electron chi connectivity index (χ3n) is 3.59. The summed E-state index contributed by atoms with van der Waals surface area (Å²) in [5.74, 6) is 6.58. The minimum absolute atomic E-state index is 0.162. The highest BCUT2D eigenvalue weighted by Crippen LogP contribution is 2.24. The zero-order valence-electron chi connectivity index (χ0n) is 11.5. The molecule has 1 aliphatic heterocycles. The summed E-state index contributed by atoms with van der Waals surface area (Å²) in [4.78, 5) is 1.46. The second-order valence-corrected chi connectivity index (χ2v) is 5.48. The molecule has 3 nitrogen and oxygen atoms in total. The summed E-state index contributed by atoms with van der Waals surface area (Å²) in [6.45, 7) is 12.6. The molecular formula is C14H26NO2+. The van der Waals surface area contributed by atoms with Gasteiger partial charge in [0.1, 0.15) is 25.2 Å². The number of ether oxygens (including phenoxy) is 1. The highest BCUT2D eigenvalue weighted by molar-refractivity contribution is 5.16. The molecule has 0 unspecified atom stereocenters. The van der Waals surface area contributed by atoms with E-state index in [2.05, 4.69) is 11.8 Å². The fraction of sp³-hybridized carbons (Fsp3) is 0.857. The fourth-order valence-electron chi connectivity index (χ4n) is 2.10. The molecule has 0 bridgehead atoms. The molecule has 0 aromatic rings. The van der Waals surface area contributed by atoms with Crippen molar-refractivity contribution in [2.75, 3.05) is 32.8 Å². The Morgan fingerprint density at radius 3 is 2.18 bits per heavy atom. The normalized spacial score (nSPS) is 18.3. The first-order valence-corrected chi connectivity index (χ1v) is 6.60. The lowest BCUT2D eigenvalue weighted by Gasteiger charge is -2.30. The lowest BCUT2D eigenvalue weighted by atomic mass is 9.81. The summed E-state index contributed by atoms with van der Waals surface area (Å²) in [5.41, 5.74) is -0.855. The lowest BCUT2D eigenvalue weighted by molar-refractivity contribution is -0.900. The van der Waals surface area contributed by atoms with Crippen LogP contribution >= 0.6 is 0 Å². The van der Waals surface area contributed by atoms with Crippen molar-refractivity contribution in [3.05, 3.63) is 0 Å². The predicted octanol–water partition coefficient (Wildman–Crippen LogP) is -0.0520. The summed E-state index contributed by atoms with van der Waals surface area (Å²) in [6.07, 6.45) is 0. The van der Waals surface area contributed by atoms with Crippen molar-refractivity contribution in [1.29, 1.82) is 0 Å². The van der Waals surface area contributed by atoms with Gasteiger partial charge in [0.2, 0.25) is 0 Å². The number of hydrogen-bond acceptors (Lipinski definition) is 2. The minimum atomic E-state index is -0.855. The van der Waals surface area contributed by atoms with Gasteiger partial charge in [-0.05, 0) is 17.8 Å². The van der Waals surface area contributed by atoms with Crippen LogP contribution in [0.1, 0.15) is 27.7 Å². The van der Waals surface area contributed by atoms with Crippen molar-refractivity contribution in [1.82, 2.24) is 0 Å².